The van der Waals surface area contributed by atoms with Gasteiger partial charge in [-0.3, -0.25) is 9.82 Å². The Morgan fingerprint density at radius 1 is 1.47 bits per heavy atom. The van der Waals surface area contributed by atoms with Gasteiger partial charge in [-0.1, -0.05) is 0 Å². The van der Waals surface area contributed by atoms with Crippen LogP contribution in [0.2, 0.25) is 0 Å². The average Bonchev–Trinajstić information content (AvgIpc) is 2.64. The van der Waals surface area contributed by atoms with Gasteiger partial charge in [0.25, 0.3) is 0 Å². The van der Waals surface area contributed by atoms with Crippen molar-refractivity contribution in [3.05, 3.63) is 24.4 Å². The molecule has 2 aromatic rings. The molecule has 15 heavy (non-hydrogen) atoms. The quantitative estimate of drug-likeness (QED) is 0.805. The Balaban J connectivity index is 2.37. The first kappa shape index (κ1) is 10.3. The van der Waals surface area contributed by atoms with Crippen LogP contribution in [0.1, 0.15) is 0 Å². The molecule has 1 aromatic heterocycles. The van der Waals surface area contributed by atoms with E-state index in [-0.39, 0.29) is 0 Å². The Morgan fingerprint density at radius 2 is 2.27 bits per heavy atom. The molecular weight excluding hydrogens is 238 g/mol. The molecule has 2 N–H and O–H groups in total. The van der Waals surface area contributed by atoms with E-state index in [1.54, 1.807) is 24.4 Å². The summed E-state index contributed by atoms with van der Waals surface area (Å²) in [5, 5.41) is 6.98. The summed E-state index contributed by atoms with van der Waals surface area (Å²) in [6, 6.07) is 5.07. The molecule has 0 unspecified atom stereocenters. The van der Waals surface area contributed by atoms with E-state index in [0.29, 0.717) is 5.69 Å². The number of alkyl halides is 1. The Bertz CT molecular complexity index is 578. The number of halogens is 1. The Morgan fingerprint density at radius 3 is 3.00 bits per heavy atom. The third-order valence-corrected chi connectivity index (χ3v) is 3.55. The first-order valence-corrected chi connectivity index (χ1v) is 6.29. The highest BCUT2D eigenvalue weighted by Crippen LogP contribution is 2.17. The van der Waals surface area contributed by atoms with Crippen molar-refractivity contribution in [2.45, 2.75) is 0 Å². The van der Waals surface area contributed by atoms with Crippen LogP contribution < -0.4 is 4.72 Å². The summed E-state index contributed by atoms with van der Waals surface area (Å²) in [5.74, 6) is 0. The van der Waals surface area contributed by atoms with Crippen molar-refractivity contribution in [3.8, 4) is 0 Å². The number of hydrogen-bond donors (Lipinski definition) is 2. The highest BCUT2D eigenvalue weighted by Gasteiger charge is 2.08. The number of nitrogens with zero attached hydrogens (tertiary/aromatic N) is 1. The standard InChI is InChI=1S/C8H8ClN3O2S/c9-5-15(13,14)12-7-1-2-8-6(3-7)4-10-11-8/h1-4,12H,5H2,(H,10,11). The predicted molar refractivity (Wildman–Crippen MR) is 59.4 cm³/mol. The zero-order chi connectivity index (χ0) is 10.9. The molecule has 0 bridgehead atoms. The smallest absolute Gasteiger partial charge is 0.246 e. The third kappa shape index (κ3) is 2.21. The van der Waals surface area contributed by atoms with Gasteiger partial charge in [0.1, 0.15) is 5.21 Å². The molecule has 0 aliphatic heterocycles. The Kier molecular flexibility index (Phi) is 2.54. The highest BCUT2D eigenvalue weighted by atomic mass is 35.5. The molecular formula is C8H8ClN3O2S. The summed E-state index contributed by atoms with van der Waals surface area (Å²) >= 11 is 5.27. The van der Waals surface area contributed by atoms with Gasteiger partial charge in [0.05, 0.1) is 11.7 Å². The van der Waals surface area contributed by atoms with Crippen LogP contribution in [0.5, 0.6) is 0 Å². The van der Waals surface area contributed by atoms with Crippen molar-refractivity contribution in [1.82, 2.24) is 10.2 Å². The van der Waals surface area contributed by atoms with Gasteiger partial charge in [-0.25, -0.2) is 8.42 Å². The monoisotopic (exact) mass is 245 g/mol. The summed E-state index contributed by atoms with van der Waals surface area (Å²) in [6.45, 7) is 0. The lowest BCUT2D eigenvalue weighted by atomic mass is 10.2. The van der Waals surface area contributed by atoms with E-state index in [9.17, 15) is 8.42 Å². The zero-order valence-corrected chi connectivity index (χ0v) is 9.14. The molecule has 0 saturated heterocycles. The van der Waals surface area contributed by atoms with Crippen LogP contribution in [-0.4, -0.2) is 23.8 Å². The summed E-state index contributed by atoms with van der Waals surface area (Å²) < 4.78 is 24.7. The average molecular weight is 246 g/mol. The maximum Gasteiger partial charge on any atom is 0.246 e. The highest BCUT2D eigenvalue weighted by molar-refractivity contribution is 7.93. The van der Waals surface area contributed by atoms with Crippen LogP contribution in [-0.2, 0) is 10.0 Å². The van der Waals surface area contributed by atoms with Crippen molar-refractivity contribution >= 4 is 38.2 Å². The van der Waals surface area contributed by atoms with Gasteiger partial charge in [-0.15, -0.1) is 11.6 Å². The number of H-pyrrole nitrogens is 1. The molecule has 0 amide bonds. The second-order valence-corrected chi connectivity index (χ2v) is 5.30. The first-order valence-electron chi connectivity index (χ1n) is 4.10. The van der Waals surface area contributed by atoms with Crippen molar-refractivity contribution in [1.29, 1.82) is 0 Å². The maximum atomic E-state index is 11.2. The molecule has 7 heteroatoms. The minimum absolute atomic E-state index is 0.462. The number of aromatic amines is 1. The molecule has 0 spiro atoms. The van der Waals surface area contributed by atoms with Crippen molar-refractivity contribution in [3.63, 3.8) is 0 Å². The number of hydrogen-bond acceptors (Lipinski definition) is 3. The summed E-state index contributed by atoms with van der Waals surface area (Å²) in [7, 11) is -3.44. The van der Waals surface area contributed by atoms with Gasteiger partial charge in [0.15, 0.2) is 0 Å². The van der Waals surface area contributed by atoms with Crippen molar-refractivity contribution in [2.75, 3.05) is 9.93 Å². The fourth-order valence-electron chi connectivity index (χ4n) is 1.21. The molecule has 0 aliphatic rings. The second kappa shape index (κ2) is 3.71. The molecule has 0 fully saturated rings. The van der Waals surface area contributed by atoms with E-state index in [2.05, 4.69) is 14.9 Å². The number of aromatic nitrogens is 2. The number of fused-ring (bicyclic) bond motifs is 1. The van der Waals surface area contributed by atoms with Crippen molar-refractivity contribution < 1.29 is 8.42 Å². The van der Waals surface area contributed by atoms with Gasteiger partial charge in [-0.2, -0.15) is 5.10 Å². The normalized spacial score (nSPS) is 11.8. The van der Waals surface area contributed by atoms with Crippen LogP contribution in [0.4, 0.5) is 5.69 Å². The van der Waals surface area contributed by atoms with Crippen LogP contribution in [0.3, 0.4) is 0 Å². The molecule has 0 saturated carbocycles. The van der Waals surface area contributed by atoms with E-state index in [0.717, 1.165) is 10.9 Å². The van der Waals surface area contributed by atoms with E-state index >= 15 is 0 Å². The Hall–Kier alpha value is -1.27. The Labute approximate surface area is 91.5 Å². The topological polar surface area (TPSA) is 74.8 Å². The molecule has 5 nitrogen and oxygen atoms in total. The zero-order valence-electron chi connectivity index (χ0n) is 7.57. The number of benzene rings is 1. The molecule has 0 radical (unpaired) electrons. The van der Waals surface area contributed by atoms with Gasteiger partial charge in [0, 0.05) is 11.1 Å². The van der Waals surface area contributed by atoms with Crippen LogP contribution in [0.15, 0.2) is 24.4 Å². The summed E-state index contributed by atoms with van der Waals surface area (Å²) in [5.41, 5.74) is 1.33. The SMILES string of the molecule is O=S(=O)(CCl)Nc1ccc2[nH]ncc2c1. The lowest BCUT2D eigenvalue weighted by Gasteiger charge is -2.04. The predicted octanol–water partition coefficient (Wildman–Crippen LogP) is 1.50. The van der Waals surface area contributed by atoms with E-state index < -0.39 is 15.2 Å². The molecule has 0 aliphatic carbocycles. The number of anilines is 1. The summed E-state index contributed by atoms with van der Waals surface area (Å²) in [4.78, 5) is 0. The van der Waals surface area contributed by atoms with E-state index in [1.807, 2.05) is 0 Å². The number of nitrogens with one attached hydrogen (secondary N) is 2. The minimum Gasteiger partial charge on any atom is -0.283 e. The van der Waals surface area contributed by atoms with Crippen molar-refractivity contribution in [2.24, 2.45) is 0 Å². The number of rotatable bonds is 3. The van der Waals surface area contributed by atoms with Gasteiger partial charge >= 0.3 is 0 Å². The van der Waals surface area contributed by atoms with Gasteiger partial charge < -0.3 is 0 Å². The molecule has 2 rings (SSSR count). The fourth-order valence-corrected chi connectivity index (χ4v) is 1.92. The second-order valence-electron chi connectivity index (χ2n) is 3.00. The van der Waals surface area contributed by atoms with Crippen LogP contribution in [0.25, 0.3) is 10.9 Å². The third-order valence-electron chi connectivity index (χ3n) is 1.86. The molecule has 1 heterocycles. The van der Waals surface area contributed by atoms with Gasteiger partial charge in [0.2, 0.25) is 10.0 Å². The lowest BCUT2D eigenvalue weighted by molar-refractivity contribution is 0.605. The lowest BCUT2D eigenvalue weighted by Crippen LogP contribution is -2.13. The number of sulfonamides is 1. The largest absolute Gasteiger partial charge is 0.283 e. The summed E-state index contributed by atoms with van der Waals surface area (Å²) in [6.07, 6.45) is 1.62. The maximum absolute atomic E-state index is 11.2. The van der Waals surface area contributed by atoms with E-state index in [1.165, 1.54) is 0 Å². The minimum atomic E-state index is -3.44. The molecule has 80 valence electrons. The fraction of sp³-hybridized carbons (Fsp3) is 0.125. The van der Waals surface area contributed by atoms with Crippen LogP contribution >= 0.6 is 11.6 Å². The molecule has 1 aromatic carbocycles. The van der Waals surface area contributed by atoms with E-state index in [4.69, 9.17) is 11.6 Å². The van der Waals surface area contributed by atoms with Crippen LogP contribution in [0, 0.1) is 0 Å². The van der Waals surface area contributed by atoms with Gasteiger partial charge in [-0.05, 0) is 18.2 Å². The first-order chi connectivity index (χ1) is 7.11. The molecule has 0 atom stereocenters.